The van der Waals surface area contributed by atoms with Gasteiger partial charge >= 0.3 is 0 Å². The van der Waals surface area contributed by atoms with E-state index in [0.717, 1.165) is 5.56 Å². The summed E-state index contributed by atoms with van der Waals surface area (Å²) in [4.78, 5) is 0.0730. The molecule has 84 valence electrons. The monoisotopic (exact) mass is 236 g/mol. The molecular weight excluding hydrogens is 224 g/mol. The zero-order chi connectivity index (χ0) is 11.6. The van der Waals surface area contributed by atoms with Crippen LogP contribution in [0, 0.1) is 0 Å². The van der Waals surface area contributed by atoms with E-state index < -0.39 is 10.1 Å². The van der Waals surface area contributed by atoms with Crippen LogP contribution in [0.5, 0.6) is 0 Å². The Morgan fingerprint density at radius 3 is 2.50 bits per heavy atom. The molecule has 0 saturated heterocycles. The largest absolute Gasteiger partial charge is 0.290 e. The van der Waals surface area contributed by atoms with Crippen molar-refractivity contribution in [3.63, 3.8) is 0 Å². The maximum atomic E-state index is 11.0. The fourth-order valence-electron chi connectivity index (χ4n) is 1.77. The summed E-state index contributed by atoms with van der Waals surface area (Å²) < 4.78 is 31.0. The van der Waals surface area contributed by atoms with Crippen molar-refractivity contribution in [3.8, 4) is 0 Å². The van der Waals surface area contributed by atoms with Crippen molar-refractivity contribution in [2.24, 2.45) is 0 Å². The third-order valence-corrected chi connectivity index (χ3v) is 3.57. The van der Waals surface area contributed by atoms with Crippen molar-refractivity contribution < 1.29 is 13.0 Å². The van der Waals surface area contributed by atoms with E-state index >= 15 is 0 Å². The Bertz CT molecular complexity index is 527. The van der Waals surface area contributed by atoms with E-state index in [4.69, 9.17) is 4.55 Å². The van der Waals surface area contributed by atoms with Gasteiger partial charge in [-0.25, -0.2) is 0 Å². The van der Waals surface area contributed by atoms with Gasteiger partial charge in [-0.05, 0) is 18.1 Å². The van der Waals surface area contributed by atoms with Gasteiger partial charge in [-0.3, -0.25) is 4.55 Å². The van der Waals surface area contributed by atoms with Crippen LogP contribution in [0.4, 0.5) is 0 Å². The highest BCUT2D eigenvalue weighted by Gasteiger charge is 2.20. The van der Waals surface area contributed by atoms with Crippen molar-refractivity contribution in [2.75, 3.05) is 0 Å². The Morgan fingerprint density at radius 1 is 1.19 bits per heavy atom. The predicted octanol–water partition coefficient (Wildman–Crippen LogP) is 2.50. The SMILES string of the molecule is O=S(=O)(O)C1=CC=CC(c2ccccc2)C1. The van der Waals surface area contributed by atoms with Crippen LogP contribution in [0.25, 0.3) is 0 Å². The highest BCUT2D eigenvalue weighted by Crippen LogP contribution is 2.30. The molecule has 0 aromatic heterocycles. The lowest BCUT2D eigenvalue weighted by atomic mass is 9.93. The van der Waals surface area contributed by atoms with Crippen LogP contribution < -0.4 is 0 Å². The van der Waals surface area contributed by atoms with Crippen LogP contribution in [0.15, 0.2) is 53.5 Å². The number of hydrogen-bond donors (Lipinski definition) is 1. The van der Waals surface area contributed by atoms with Gasteiger partial charge in [0.05, 0.1) is 4.91 Å². The molecule has 1 aliphatic rings. The van der Waals surface area contributed by atoms with E-state index in [-0.39, 0.29) is 10.8 Å². The molecule has 0 aliphatic heterocycles. The molecule has 0 saturated carbocycles. The van der Waals surface area contributed by atoms with Crippen LogP contribution in [0.2, 0.25) is 0 Å². The van der Waals surface area contributed by atoms with Crippen molar-refractivity contribution in [2.45, 2.75) is 12.3 Å². The molecule has 0 radical (unpaired) electrons. The lowest BCUT2D eigenvalue weighted by molar-refractivity contribution is 0.488. The van der Waals surface area contributed by atoms with E-state index in [1.807, 2.05) is 36.4 Å². The summed E-state index contributed by atoms with van der Waals surface area (Å²) in [5.41, 5.74) is 1.05. The second-order valence-electron chi connectivity index (χ2n) is 3.71. The summed E-state index contributed by atoms with van der Waals surface area (Å²) in [6.45, 7) is 0. The zero-order valence-corrected chi connectivity index (χ0v) is 9.39. The molecule has 1 aromatic rings. The Labute approximate surface area is 94.9 Å². The fraction of sp³-hybridized carbons (Fsp3) is 0.167. The molecule has 1 unspecified atom stereocenters. The lowest BCUT2D eigenvalue weighted by Gasteiger charge is -2.16. The summed E-state index contributed by atoms with van der Waals surface area (Å²) in [5, 5.41) is 0. The first-order valence-electron chi connectivity index (χ1n) is 4.97. The van der Waals surface area contributed by atoms with Gasteiger partial charge in [0.25, 0.3) is 10.1 Å². The predicted molar refractivity (Wildman–Crippen MR) is 62.6 cm³/mol. The van der Waals surface area contributed by atoms with Crippen molar-refractivity contribution in [1.82, 2.24) is 0 Å². The van der Waals surface area contributed by atoms with E-state index in [1.165, 1.54) is 6.08 Å². The standard InChI is InChI=1S/C12H12O3S/c13-16(14,15)12-8-4-7-11(9-12)10-5-2-1-3-6-10/h1-8,11H,9H2,(H,13,14,15). The summed E-state index contributed by atoms with van der Waals surface area (Å²) in [6, 6.07) is 9.63. The van der Waals surface area contributed by atoms with Crippen molar-refractivity contribution >= 4 is 10.1 Å². The second kappa shape index (κ2) is 4.23. The molecule has 0 fully saturated rings. The Morgan fingerprint density at radius 2 is 1.88 bits per heavy atom. The fourth-order valence-corrected chi connectivity index (χ4v) is 2.41. The number of benzene rings is 1. The maximum absolute atomic E-state index is 11.0. The van der Waals surface area contributed by atoms with Gasteiger partial charge in [-0.15, -0.1) is 0 Å². The van der Waals surface area contributed by atoms with Gasteiger partial charge in [0.15, 0.2) is 0 Å². The van der Waals surface area contributed by atoms with Crippen molar-refractivity contribution in [3.05, 3.63) is 59.0 Å². The molecular formula is C12H12O3S. The molecule has 2 rings (SSSR count). The van der Waals surface area contributed by atoms with Gasteiger partial charge in [0, 0.05) is 5.92 Å². The molecule has 1 aromatic carbocycles. The third kappa shape index (κ3) is 2.40. The molecule has 0 heterocycles. The van der Waals surface area contributed by atoms with Crippen LogP contribution >= 0.6 is 0 Å². The summed E-state index contributed by atoms with van der Waals surface area (Å²) in [5.74, 6) is 0.0168. The molecule has 0 spiro atoms. The highest BCUT2D eigenvalue weighted by atomic mass is 32.2. The molecule has 0 bridgehead atoms. The van der Waals surface area contributed by atoms with Crippen LogP contribution in [0.3, 0.4) is 0 Å². The minimum absolute atomic E-state index is 0.0168. The van der Waals surface area contributed by atoms with Crippen molar-refractivity contribution in [1.29, 1.82) is 0 Å². The molecule has 3 nitrogen and oxygen atoms in total. The maximum Gasteiger partial charge on any atom is 0.290 e. The molecule has 1 aliphatic carbocycles. The summed E-state index contributed by atoms with van der Waals surface area (Å²) in [6.07, 6.45) is 5.36. The molecule has 4 heteroatoms. The second-order valence-corrected chi connectivity index (χ2v) is 5.19. The van der Waals surface area contributed by atoms with Gasteiger partial charge in [-0.2, -0.15) is 8.42 Å². The van der Waals surface area contributed by atoms with Crippen LogP contribution in [0.1, 0.15) is 17.9 Å². The van der Waals surface area contributed by atoms with Crippen LogP contribution in [-0.2, 0) is 10.1 Å². The Kier molecular flexibility index (Phi) is 2.94. The third-order valence-electron chi connectivity index (χ3n) is 2.61. The van der Waals surface area contributed by atoms with E-state index in [9.17, 15) is 8.42 Å². The van der Waals surface area contributed by atoms with E-state index in [1.54, 1.807) is 6.08 Å². The molecule has 1 N–H and O–H groups in total. The topological polar surface area (TPSA) is 54.4 Å². The van der Waals surface area contributed by atoms with Crippen LogP contribution in [-0.4, -0.2) is 13.0 Å². The Hall–Kier alpha value is -1.39. The normalized spacial score (nSPS) is 20.6. The summed E-state index contributed by atoms with van der Waals surface area (Å²) in [7, 11) is -4.06. The van der Waals surface area contributed by atoms with Gasteiger partial charge in [-0.1, -0.05) is 42.5 Å². The quantitative estimate of drug-likeness (QED) is 0.803. The Balaban J connectivity index is 2.26. The molecule has 16 heavy (non-hydrogen) atoms. The first-order chi connectivity index (χ1) is 7.57. The van der Waals surface area contributed by atoms with Gasteiger partial charge < -0.3 is 0 Å². The smallest absolute Gasteiger partial charge is 0.282 e. The van der Waals surface area contributed by atoms with E-state index in [0.29, 0.717) is 6.42 Å². The minimum atomic E-state index is -4.06. The first kappa shape index (κ1) is 11.1. The zero-order valence-electron chi connectivity index (χ0n) is 8.58. The number of rotatable bonds is 2. The minimum Gasteiger partial charge on any atom is -0.282 e. The average Bonchev–Trinajstić information content (AvgIpc) is 2.29. The van der Waals surface area contributed by atoms with Gasteiger partial charge in [0.1, 0.15) is 0 Å². The van der Waals surface area contributed by atoms with E-state index in [2.05, 4.69) is 0 Å². The number of hydrogen-bond acceptors (Lipinski definition) is 2. The highest BCUT2D eigenvalue weighted by molar-refractivity contribution is 7.89. The van der Waals surface area contributed by atoms with Gasteiger partial charge in [0.2, 0.25) is 0 Å². The molecule has 0 amide bonds. The molecule has 1 atom stereocenters. The lowest BCUT2D eigenvalue weighted by Crippen LogP contribution is -2.08. The first-order valence-corrected chi connectivity index (χ1v) is 6.41. The number of allylic oxidation sites excluding steroid dienone is 4. The summed E-state index contributed by atoms with van der Waals surface area (Å²) >= 11 is 0. The average molecular weight is 236 g/mol.